The van der Waals surface area contributed by atoms with E-state index in [1.807, 2.05) is 31.2 Å². The van der Waals surface area contributed by atoms with Gasteiger partial charge in [0.2, 0.25) is 5.95 Å². The van der Waals surface area contributed by atoms with Crippen molar-refractivity contribution in [2.75, 3.05) is 5.73 Å². The van der Waals surface area contributed by atoms with E-state index in [0.717, 1.165) is 11.3 Å². The molecule has 15 heavy (non-hydrogen) atoms. The molecule has 0 fully saturated rings. The van der Waals surface area contributed by atoms with Gasteiger partial charge in [-0.3, -0.25) is 0 Å². The highest BCUT2D eigenvalue weighted by Crippen LogP contribution is 2.28. The summed E-state index contributed by atoms with van der Waals surface area (Å²) < 4.78 is 1.66. The molecule has 0 aliphatic carbocycles. The van der Waals surface area contributed by atoms with Gasteiger partial charge in [0.25, 0.3) is 0 Å². The zero-order valence-corrected chi connectivity index (χ0v) is 9.42. The molecule has 4 heteroatoms. The van der Waals surface area contributed by atoms with Gasteiger partial charge < -0.3 is 10.3 Å². The molecule has 78 valence electrons. The number of rotatable bonds is 1. The minimum atomic E-state index is 0.426. The molecule has 1 heterocycles. The summed E-state index contributed by atoms with van der Waals surface area (Å²) in [5.74, 6) is 0.426. The second kappa shape index (κ2) is 3.59. The number of halogens is 1. The minimum absolute atomic E-state index is 0.426. The molecule has 0 radical (unpaired) electrons. The number of nitrogens with zero attached hydrogens (tertiary/aromatic N) is 2. The molecule has 0 saturated carbocycles. The molecular formula is C11H12ClN3. The SMILES string of the molecule is Cc1ccc(-c2nc(N)n(C)c2Cl)cc1. The number of benzene rings is 1. The third-order valence-electron chi connectivity index (χ3n) is 2.38. The molecule has 2 aromatic rings. The molecule has 3 nitrogen and oxygen atoms in total. The largest absolute Gasteiger partial charge is 0.369 e. The van der Waals surface area contributed by atoms with E-state index in [9.17, 15) is 0 Å². The zero-order chi connectivity index (χ0) is 11.0. The van der Waals surface area contributed by atoms with Gasteiger partial charge in [0.15, 0.2) is 0 Å². The third kappa shape index (κ3) is 1.70. The minimum Gasteiger partial charge on any atom is -0.369 e. The highest BCUT2D eigenvalue weighted by atomic mass is 35.5. The van der Waals surface area contributed by atoms with Crippen LogP contribution in [-0.2, 0) is 7.05 Å². The van der Waals surface area contributed by atoms with Crippen LogP contribution >= 0.6 is 11.6 Å². The Morgan fingerprint density at radius 3 is 2.33 bits per heavy atom. The number of aromatic nitrogens is 2. The number of hydrogen-bond donors (Lipinski definition) is 1. The van der Waals surface area contributed by atoms with Crippen LogP contribution in [0, 0.1) is 6.92 Å². The lowest BCUT2D eigenvalue weighted by atomic mass is 10.1. The Hall–Kier alpha value is -1.48. The van der Waals surface area contributed by atoms with Gasteiger partial charge in [0.1, 0.15) is 10.8 Å². The maximum absolute atomic E-state index is 6.11. The maximum Gasteiger partial charge on any atom is 0.201 e. The lowest BCUT2D eigenvalue weighted by Gasteiger charge is -1.99. The van der Waals surface area contributed by atoms with Crippen LogP contribution in [0.4, 0.5) is 5.95 Å². The topological polar surface area (TPSA) is 43.8 Å². The van der Waals surface area contributed by atoms with Gasteiger partial charge >= 0.3 is 0 Å². The number of anilines is 1. The molecule has 0 unspecified atom stereocenters. The summed E-state index contributed by atoms with van der Waals surface area (Å²) in [6.07, 6.45) is 0. The first-order chi connectivity index (χ1) is 7.09. The van der Waals surface area contributed by atoms with Crippen molar-refractivity contribution in [2.24, 2.45) is 7.05 Å². The Bertz CT molecular complexity index is 485. The van der Waals surface area contributed by atoms with E-state index in [1.165, 1.54) is 5.56 Å². The summed E-state index contributed by atoms with van der Waals surface area (Å²) in [6, 6.07) is 8.03. The van der Waals surface area contributed by atoms with Gasteiger partial charge in [0.05, 0.1) is 0 Å². The van der Waals surface area contributed by atoms with Crippen molar-refractivity contribution >= 4 is 17.5 Å². The molecule has 0 amide bonds. The van der Waals surface area contributed by atoms with E-state index in [4.69, 9.17) is 17.3 Å². The second-order valence-corrected chi connectivity index (χ2v) is 3.89. The van der Waals surface area contributed by atoms with E-state index in [0.29, 0.717) is 11.1 Å². The average Bonchev–Trinajstić information content (AvgIpc) is 2.47. The molecule has 0 saturated heterocycles. The molecule has 0 spiro atoms. The summed E-state index contributed by atoms with van der Waals surface area (Å²) in [5, 5.41) is 0.566. The van der Waals surface area contributed by atoms with Crippen LogP contribution in [0.15, 0.2) is 24.3 Å². The van der Waals surface area contributed by atoms with Crippen molar-refractivity contribution in [3.05, 3.63) is 35.0 Å². The van der Waals surface area contributed by atoms with Gasteiger partial charge in [0, 0.05) is 12.6 Å². The first-order valence-electron chi connectivity index (χ1n) is 4.64. The van der Waals surface area contributed by atoms with E-state index in [1.54, 1.807) is 11.6 Å². The zero-order valence-electron chi connectivity index (χ0n) is 8.66. The van der Waals surface area contributed by atoms with Crippen molar-refractivity contribution in [1.82, 2.24) is 9.55 Å². The molecule has 2 N–H and O–H groups in total. The Morgan fingerprint density at radius 1 is 1.27 bits per heavy atom. The quantitative estimate of drug-likeness (QED) is 0.805. The van der Waals surface area contributed by atoms with E-state index >= 15 is 0 Å². The predicted octanol–water partition coefficient (Wildman–Crippen LogP) is 2.63. The molecule has 0 aliphatic heterocycles. The summed E-state index contributed by atoms with van der Waals surface area (Å²) >= 11 is 6.11. The summed E-state index contributed by atoms with van der Waals surface area (Å²) in [4.78, 5) is 4.22. The standard InChI is InChI=1S/C11H12ClN3/c1-7-3-5-8(6-4-7)9-10(12)15(2)11(13)14-9/h3-6H,1-2H3,(H2,13,14). The Balaban J connectivity index is 2.54. The lowest BCUT2D eigenvalue weighted by Crippen LogP contribution is -1.96. The molecule has 0 atom stereocenters. The fraction of sp³-hybridized carbons (Fsp3) is 0.182. The monoisotopic (exact) mass is 221 g/mol. The van der Waals surface area contributed by atoms with Crippen molar-refractivity contribution < 1.29 is 0 Å². The molecule has 1 aromatic carbocycles. The maximum atomic E-state index is 6.11. The van der Waals surface area contributed by atoms with Crippen LogP contribution in [0.1, 0.15) is 5.56 Å². The number of imidazole rings is 1. The average molecular weight is 222 g/mol. The fourth-order valence-electron chi connectivity index (χ4n) is 1.39. The summed E-state index contributed by atoms with van der Waals surface area (Å²) in [6.45, 7) is 2.04. The molecular weight excluding hydrogens is 210 g/mol. The van der Waals surface area contributed by atoms with Crippen molar-refractivity contribution in [1.29, 1.82) is 0 Å². The number of nitrogens with two attached hydrogens (primary N) is 1. The predicted molar refractivity (Wildman–Crippen MR) is 62.8 cm³/mol. The first kappa shape index (κ1) is 10.1. The van der Waals surface area contributed by atoms with Gasteiger partial charge in [-0.05, 0) is 6.92 Å². The number of hydrogen-bond acceptors (Lipinski definition) is 2. The third-order valence-corrected chi connectivity index (χ3v) is 2.82. The van der Waals surface area contributed by atoms with Crippen LogP contribution in [0.3, 0.4) is 0 Å². The fourth-order valence-corrected chi connectivity index (χ4v) is 1.63. The van der Waals surface area contributed by atoms with Crippen LogP contribution in [-0.4, -0.2) is 9.55 Å². The van der Waals surface area contributed by atoms with E-state index in [2.05, 4.69) is 4.98 Å². The van der Waals surface area contributed by atoms with Gasteiger partial charge in [-0.15, -0.1) is 0 Å². The van der Waals surface area contributed by atoms with Crippen LogP contribution < -0.4 is 5.73 Å². The second-order valence-electron chi connectivity index (χ2n) is 3.53. The van der Waals surface area contributed by atoms with Crippen molar-refractivity contribution in [3.8, 4) is 11.3 Å². The highest BCUT2D eigenvalue weighted by molar-refractivity contribution is 6.32. The summed E-state index contributed by atoms with van der Waals surface area (Å²) in [5.41, 5.74) is 8.60. The number of aryl methyl sites for hydroxylation is 1. The summed E-state index contributed by atoms with van der Waals surface area (Å²) in [7, 11) is 1.79. The Labute approximate surface area is 93.5 Å². The normalized spacial score (nSPS) is 10.6. The first-order valence-corrected chi connectivity index (χ1v) is 5.02. The van der Waals surface area contributed by atoms with Crippen LogP contribution in [0.5, 0.6) is 0 Å². The Morgan fingerprint density at radius 2 is 1.87 bits per heavy atom. The number of nitrogen functional groups attached to an aromatic ring is 1. The lowest BCUT2D eigenvalue weighted by molar-refractivity contribution is 0.931. The van der Waals surface area contributed by atoms with Crippen LogP contribution in [0.2, 0.25) is 5.15 Å². The van der Waals surface area contributed by atoms with E-state index < -0.39 is 0 Å². The van der Waals surface area contributed by atoms with Gasteiger partial charge in [-0.25, -0.2) is 4.98 Å². The highest BCUT2D eigenvalue weighted by Gasteiger charge is 2.11. The van der Waals surface area contributed by atoms with Gasteiger partial charge in [-0.1, -0.05) is 41.4 Å². The van der Waals surface area contributed by atoms with Crippen molar-refractivity contribution in [3.63, 3.8) is 0 Å². The van der Waals surface area contributed by atoms with Crippen LogP contribution in [0.25, 0.3) is 11.3 Å². The Kier molecular flexibility index (Phi) is 2.40. The molecule has 2 rings (SSSR count). The molecule has 1 aromatic heterocycles. The van der Waals surface area contributed by atoms with Gasteiger partial charge in [-0.2, -0.15) is 0 Å². The smallest absolute Gasteiger partial charge is 0.201 e. The van der Waals surface area contributed by atoms with Crippen molar-refractivity contribution in [2.45, 2.75) is 6.92 Å². The molecule has 0 aliphatic rings. The molecule has 0 bridgehead atoms. The van der Waals surface area contributed by atoms with E-state index in [-0.39, 0.29) is 0 Å².